The van der Waals surface area contributed by atoms with Crippen LogP contribution in [-0.4, -0.2) is 48.2 Å². The van der Waals surface area contributed by atoms with E-state index in [0.29, 0.717) is 29.9 Å². The first-order chi connectivity index (χ1) is 17.9. The number of H-pyrrole nitrogens is 1. The Hall–Kier alpha value is -4.17. The number of aliphatic hydroxyl groups is 1. The van der Waals surface area contributed by atoms with Crippen LogP contribution in [0.2, 0.25) is 0 Å². The highest BCUT2D eigenvalue weighted by atomic mass is 19.1. The van der Waals surface area contributed by atoms with Crippen molar-refractivity contribution in [3.8, 4) is 16.9 Å². The van der Waals surface area contributed by atoms with Gasteiger partial charge in [0.1, 0.15) is 11.6 Å². The van der Waals surface area contributed by atoms with Gasteiger partial charge in [-0.15, -0.1) is 0 Å². The first kappa shape index (κ1) is 25.9. The highest BCUT2D eigenvalue weighted by Gasteiger charge is 2.20. The average Bonchev–Trinajstić information content (AvgIpc) is 3.33. The number of benzene rings is 3. The van der Waals surface area contributed by atoms with Gasteiger partial charge in [0.2, 0.25) is 0 Å². The van der Waals surface area contributed by atoms with Gasteiger partial charge in [0, 0.05) is 29.7 Å². The van der Waals surface area contributed by atoms with Gasteiger partial charge in [-0.25, -0.2) is 4.39 Å². The quantitative estimate of drug-likeness (QED) is 0.257. The van der Waals surface area contributed by atoms with Crippen LogP contribution in [-0.2, 0) is 6.42 Å². The van der Waals surface area contributed by atoms with Crippen LogP contribution in [0.4, 0.5) is 4.39 Å². The number of halogens is 1. The molecule has 4 aromatic rings. The second-order valence-electron chi connectivity index (χ2n) is 8.78. The van der Waals surface area contributed by atoms with E-state index in [0.717, 1.165) is 29.0 Å². The minimum Gasteiger partial charge on any atom is -0.493 e. The maximum absolute atomic E-state index is 14.3. The van der Waals surface area contributed by atoms with Crippen LogP contribution in [0.5, 0.6) is 5.75 Å². The zero-order valence-corrected chi connectivity index (χ0v) is 20.8. The monoisotopic (exact) mass is 503 g/mol. The van der Waals surface area contributed by atoms with E-state index in [9.17, 15) is 19.1 Å². The Labute approximate surface area is 214 Å². The highest BCUT2D eigenvalue weighted by molar-refractivity contribution is 5.99. The summed E-state index contributed by atoms with van der Waals surface area (Å²) in [4.78, 5) is 28.7. The normalized spacial score (nSPS) is 11.8. The largest absolute Gasteiger partial charge is 0.493 e. The van der Waals surface area contributed by atoms with E-state index in [2.05, 4.69) is 15.6 Å². The summed E-state index contributed by atoms with van der Waals surface area (Å²) >= 11 is 0. The van der Waals surface area contributed by atoms with Crippen molar-refractivity contribution in [2.24, 2.45) is 0 Å². The van der Waals surface area contributed by atoms with Crippen LogP contribution in [0.25, 0.3) is 22.0 Å². The van der Waals surface area contributed by atoms with Crippen LogP contribution in [0.3, 0.4) is 0 Å². The molecule has 1 atom stereocenters. The molecule has 0 aliphatic carbocycles. The van der Waals surface area contributed by atoms with Crippen molar-refractivity contribution < 1.29 is 23.8 Å². The number of nitrogens with one attached hydrogen (secondary N) is 3. The van der Waals surface area contributed by atoms with E-state index in [1.807, 2.05) is 37.4 Å². The van der Waals surface area contributed by atoms with Gasteiger partial charge in [0.05, 0.1) is 24.8 Å². The molecule has 37 heavy (non-hydrogen) atoms. The number of hydrogen-bond donors (Lipinski definition) is 4. The number of aromatic amines is 1. The Bertz CT molecular complexity index is 1420. The van der Waals surface area contributed by atoms with Gasteiger partial charge >= 0.3 is 0 Å². The molecule has 8 heteroatoms. The van der Waals surface area contributed by atoms with E-state index in [4.69, 9.17) is 4.74 Å². The zero-order valence-electron chi connectivity index (χ0n) is 20.8. The van der Waals surface area contributed by atoms with Gasteiger partial charge in [0.15, 0.2) is 0 Å². The molecule has 0 bridgehead atoms. The zero-order chi connectivity index (χ0) is 26.4. The predicted molar refractivity (Wildman–Crippen MR) is 141 cm³/mol. The SMILES string of the molecule is CCCOc1ccc(-c2cc(F)cc(C(=O)NC)c2)cc1C(=O)N[C@@H](CO)Cc1c[nH]c2ccccc12. The van der Waals surface area contributed by atoms with Gasteiger partial charge in [-0.1, -0.05) is 31.2 Å². The fraction of sp³-hybridized carbons (Fsp3) is 0.241. The summed E-state index contributed by atoms with van der Waals surface area (Å²) in [6.07, 6.45) is 3.06. The molecule has 192 valence electrons. The van der Waals surface area contributed by atoms with Crippen molar-refractivity contribution in [1.29, 1.82) is 0 Å². The van der Waals surface area contributed by atoms with Crippen molar-refractivity contribution in [2.45, 2.75) is 25.8 Å². The average molecular weight is 504 g/mol. The van der Waals surface area contributed by atoms with Crippen LogP contribution in [0, 0.1) is 5.82 Å². The number of hydrogen-bond acceptors (Lipinski definition) is 4. The number of rotatable bonds is 10. The molecule has 1 aromatic heterocycles. The van der Waals surface area contributed by atoms with E-state index < -0.39 is 23.7 Å². The van der Waals surface area contributed by atoms with E-state index in [-0.39, 0.29) is 17.7 Å². The first-order valence-electron chi connectivity index (χ1n) is 12.2. The topological polar surface area (TPSA) is 103 Å². The Morgan fingerprint density at radius 2 is 1.86 bits per heavy atom. The lowest BCUT2D eigenvalue weighted by Crippen LogP contribution is -2.39. The molecule has 0 radical (unpaired) electrons. The van der Waals surface area contributed by atoms with Crippen molar-refractivity contribution in [3.05, 3.63) is 89.4 Å². The lowest BCUT2D eigenvalue weighted by Gasteiger charge is -2.18. The summed E-state index contributed by atoms with van der Waals surface area (Å²) in [6.45, 7) is 2.12. The summed E-state index contributed by atoms with van der Waals surface area (Å²) in [6, 6.07) is 16.3. The summed E-state index contributed by atoms with van der Waals surface area (Å²) in [5, 5.41) is 16.5. The maximum atomic E-state index is 14.3. The number of amides is 2. The fourth-order valence-corrected chi connectivity index (χ4v) is 4.25. The van der Waals surface area contributed by atoms with Crippen LogP contribution in [0.15, 0.2) is 66.9 Å². The Balaban J connectivity index is 1.63. The van der Waals surface area contributed by atoms with Crippen LogP contribution >= 0.6 is 0 Å². The second-order valence-corrected chi connectivity index (χ2v) is 8.78. The molecular weight excluding hydrogens is 473 g/mol. The lowest BCUT2D eigenvalue weighted by molar-refractivity contribution is 0.0911. The van der Waals surface area contributed by atoms with E-state index >= 15 is 0 Å². The van der Waals surface area contributed by atoms with Crippen molar-refractivity contribution in [2.75, 3.05) is 20.3 Å². The summed E-state index contributed by atoms with van der Waals surface area (Å²) in [7, 11) is 1.48. The minimum absolute atomic E-state index is 0.175. The number of para-hydroxylation sites is 1. The molecule has 4 N–H and O–H groups in total. The molecular formula is C29H30FN3O4. The Morgan fingerprint density at radius 1 is 1.05 bits per heavy atom. The fourth-order valence-electron chi connectivity index (χ4n) is 4.25. The van der Waals surface area contributed by atoms with Crippen molar-refractivity contribution in [1.82, 2.24) is 15.6 Å². The van der Waals surface area contributed by atoms with Gasteiger partial charge < -0.3 is 25.5 Å². The molecule has 0 unspecified atom stereocenters. The molecule has 0 saturated carbocycles. The molecule has 0 aliphatic rings. The van der Waals surface area contributed by atoms with Gasteiger partial charge in [-0.3, -0.25) is 9.59 Å². The number of carbonyl (C=O) groups is 2. The third kappa shape index (κ3) is 5.98. The van der Waals surface area contributed by atoms with Crippen molar-refractivity contribution in [3.63, 3.8) is 0 Å². The van der Waals surface area contributed by atoms with E-state index in [1.54, 1.807) is 24.3 Å². The maximum Gasteiger partial charge on any atom is 0.255 e. The number of aliphatic hydroxyl groups excluding tert-OH is 1. The summed E-state index contributed by atoms with van der Waals surface area (Å²) in [5.74, 6) is -1.01. The standard InChI is InChI=1S/C29H30FN3O4/c1-3-10-37-27-9-8-18(19-11-20(28(35)31-2)13-22(30)12-19)15-25(27)29(36)33-23(17-34)14-21-16-32-26-7-5-4-6-24(21)26/h4-9,11-13,15-16,23,32,34H,3,10,14,17H2,1-2H3,(H,31,35)(H,33,36)/t23-/m1/s1. The Morgan fingerprint density at radius 3 is 2.62 bits per heavy atom. The third-order valence-electron chi connectivity index (χ3n) is 6.10. The number of aromatic nitrogens is 1. The summed E-state index contributed by atoms with van der Waals surface area (Å²) in [5.41, 5.74) is 3.40. The molecule has 7 nitrogen and oxygen atoms in total. The molecule has 0 fully saturated rings. The predicted octanol–water partition coefficient (Wildman–Crippen LogP) is 4.46. The minimum atomic E-state index is -0.563. The lowest BCUT2D eigenvalue weighted by atomic mass is 9.99. The first-order valence-corrected chi connectivity index (χ1v) is 12.2. The molecule has 0 saturated heterocycles. The molecule has 4 rings (SSSR count). The van der Waals surface area contributed by atoms with E-state index in [1.165, 1.54) is 13.1 Å². The number of fused-ring (bicyclic) bond motifs is 1. The smallest absolute Gasteiger partial charge is 0.255 e. The van der Waals surface area contributed by atoms with Crippen molar-refractivity contribution >= 4 is 22.7 Å². The Kier molecular flexibility index (Phi) is 8.20. The number of carbonyl (C=O) groups excluding carboxylic acids is 2. The molecule has 3 aromatic carbocycles. The van der Waals surface area contributed by atoms with Gasteiger partial charge in [-0.2, -0.15) is 0 Å². The second kappa shape index (κ2) is 11.7. The summed E-state index contributed by atoms with van der Waals surface area (Å²) < 4.78 is 20.1. The van der Waals surface area contributed by atoms with Gasteiger partial charge in [0.25, 0.3) is 11.8 Å². The van der Waals surface area contributed by atoms with Crippen LogP contribution in [0.1, 0.15) is 39.6 Å². The number of ether oxygens (including phenoxy) is 1. The molecule has 2 amide bonds. The molecule has 0 aliphatic heterocycles. The third-order valence-corrected chi connectivity index (χ3v) is 6.10. The molecule has 0 spiro atoms. The van der Waals surface area contributed by atoms with Crippen LogP contribution < -0.4 is 15.4 Å². The molecule has 1 heterocycles. The highest BCUT2D eigenvalue weighted by Crippen LogP contribution is 2.29. The van der Waals surface area contributed by atoms with Gasteiger partial charge in [-0.05, 0) is 65.9 Å².